The molecule has 0 atom stereocenters. The van der Waals surface area contributed by atoms with Gasteiger partial charge in [0.05, 0.1) is 23.9 Å². The standard InChI is InChI=1S/C21H30N4O2S/c1-15-25-17(14-28-15)11-12-23-21(22-2)24-13-16-7-6-10-19(26-3)20(16)27-18-8-4-5-9-18/h6-7,10,14,18H,4-5,8-9,11-13H2,1-3H3,(H2,22,23,24). The Kier molecular flexibility index (Phi) is 7.54. The molecule has 6 nitrogen and oxygen atoms in total. The number of aromatic nitrogens is 1. The highest BCUT2D eigenvalue weighted by molar-refractivity contribution is 7.09. The van der Waals surface area contributed by atoms with Crippen molar-refractivity contribution in [2.75, 3.05) is 20.7 Å². The monoisotopic (exact) mass is 402 g/mol. The molecule has 152 valence electrons. The molecular weight excluding hydrogens is 372 g/mol. The van der Waals surface area contributed by atoms with Crippen LogP contribution in [0.1, 0.15) is 41.9 Å². The first-order chi connectivity index (χ1) is 13.7. The summed E-state index contributed by atoms with van der Waals surface area (Å²) in [7, 11) is 3.47. The summed E-state index contributed by atoms with van der Waals surface area (Å²) < 4.78 is 11.8. The van der Waals surface area contributed by atoms with Gasteiger partial charge in [0.2, 0.25) is 0 Å². The second kappa shape index (κ2) is 10.3. The fourth-order valence-electron chi connectivity index (χ4n) is 3.40. The highest BCUT2D eigenvalue weighted by Crippen LogP contribution is 2.34. The number of methoxy groups -OCH3 is 1. The minimum atomic E-state index is 0.286. The molecule has 1 aromatic heterocycles. The molecule has 28 heavy (non-hydrogen) atoms. The fourth-order valence-corrected chi connectivity index (χ4v) is 4.05. The van der Waals surface area contributed by atoms with Gasteiger partial charge in [0.15, 0.2) is 17.5 Å². The quantitative estimate of drug-likeness (QED) is 0.521. The van der Waals surface area contributed by atoms with Crippen LogP contribution in [0.2, 0.25) is 0 Å². The van der Waals surface area contributed by atoms with Crippen LogP contribution < -0.4 is 20.1 Å². The Balaban J connectivity index is 1.57. The van der Waals surface area contributed by atoms with Crippen molar-refractivity contribution in [3.63, 3.8) is 0 Å². The Hall–Kier alpha value is -2.28. The van der Waals surface area contributed by atoms with E-state index in [0.29, 0.717) is 6.54 Å². The molecule has 0 aliphatic heterocycles. The third kappa shape index (κ3) is 5.61. The van der Waals surface area contributed by atoms with E-state index >= 15 is 0 Å². The Morgan fingerprint density at radius 3 is 2.79 bits per heavy atom. The summed E-state index contributed by atoms with van der Waals surface area (Å²) in [5.74, 6) is 2.40. The minimum Gasteiger partial charge on any atom is -0.493 e. The summed E-state index contributed by atoms with van der Waals surface area (Å²) in [6.07, 6.45) is 5.87. The van der Waals surface area contributed by atoms with Gasteiger partial charge in [0, 0.05) is 37.5 Å². The first-order valence-electron chi connectivity index (χ1n) is 9.87. The lowest BCUT2D eigenvalue weighted by Gasteiger charge is -2.20. The molecule has 2 aromatic rings. The van der Waals surface area contributed by atoms with Crippen molar-refractivity contribution in [2.24, 2.45) is 4.99 Å². The van der Waals surface area contributed by atoms with Gasteiger partial charge in [0.1, 0.15) is 0 Å². The topological polar surface area (TPSA) is 67.8 Å². The van der Waals surface area contributed by atoms with Crippen LogP contribution in [0.25, 0.3) is 0 Å². The highest BCUT2D eigenvalue weighted by Gasteiger charge is 2.20. The zero-order chi connectivity index (χ0) is 19.8. The Labute approximate surface area is 171 Å². The second-order valence-electron chi connectivity index (χ2n) is 6.93. The van der Waals surface area contributed by atoms with Gasteiger partial charge in [-0.3, -0.25) is 4.99 Å². The summed E-state index contributed by atoms with van der Waals surface area (Å²) in [4.78, 5) is 8.81. The third-order valence-corrected chi connectivity index (χ3v) is 5.70. The maximum atomic E-state index is 6.30. The van der Waals surface area contributed by atoms with Gasteiger partial charge < -0.3 is 20.1 Å². The van der Waals surface area contributed by atoms with Crippen molar-refractivity contribution in [1.82, 2.24) is 15.6 Å². The van der Waals surface area contributed by atoms with Crippen LogP contribution >= 0.6 is 11.3 Å². The number of hydrogen-bond acceptors (Lipinski definition) is 5. The molecule has 2 N–H and O–H groups in total. The van der Waals surface area contributed by atoms with Crippen molar-refractivity contribution in [3.8, 4) is 11.5 Å². The maximum absolute atomic E-state index is 6.30. The van der Waals surface area contributed by atoms with Crippen molar-refractivity contribution >= 4 is 17.3 Å². The molecule has 1 heterocycles. The molecule has 0 radical (unpaired) electrons. The van der Waals surface area contributed by atoms with Crippen LogP contribution in [-0.2, 0) is 13.0 Å². The summed E-state index contributed by atoms with van der Waals surface area (Å²) in [5, 5.41) is 9.94. The predicted molar refractivity (Wildman–Crippen MR) is 115 cm³/mol. The number of guanidine groups is 1. The number of benzene rings is 1. The highest BCUT2D eigenvalue weighted by atomic mass is 32.1. The van der Waals surface area contributed by atoms with E-state index in [4.69, 9.17) is 9.47 Å². The number of thiazole rings is 1. The molecule has 7 heteroatoms. The van der Waals surface area contributed by atoms with E-state index in [9.17, 15) is 0 Å². The number of ether oxygens (including phenoxy) is 2. The normalized spacial score (nSPS) is 14.9. The number of aryl methyl sites for hydroxylation is 1. The van der Waals surface area contributed by atoms with Gasteiger partial charge in [-0.2, -0.15) is 0 Å². The number of hydrogen-bond donors (Lipinski definition) is 2. The lowest BCUT2D eigenvalue weighted by atomic mass is 10.1. The zero-order valence-electron chi connectivity index (χ0n) is 17.0. The minimum absolute atomic E-state index is 0.286. The van der Waals surface area contributed by atoms with E-state index in [2.05, 4.69) is 32.1 Å². The molecule has 0 spiro atoms. The fraction of sp³-hybridized carbons (Fsp3) is 0.524. The van der Waals surface area contributed by atoms with Gasteiger partial charge in [-0.1, -0.05) is 12.1 Å². The van der Waals surface area contributed by atoms with Crippen molar-refractivity contribution < 1.29 is 9.47 Å². The molecule has 0 saturated heterocycles. The number of rotatable bonds is 8. The molecule has 0 bridgehead atoms. The van der Waals surface area contributed by atoms with E-state index in [1.54, 1.807) is 25.5 Å². The molecule has 0 amide bonds. The number of para-hydroxylation sites is 1. The van der Waals surface area contributed by atoms with Crippen molar-refractivity contribution in [1.29, 1.82) is 0 Å². The van der Waals surface area contributed by atoms with Crippen LogP contribution in [-0.4, -0.2) is 37.7 Å². The number of nitrogens with one attached hydrogen (secondary N) is 2. The first-order valence-corrected chi connectivity index (χ1v) is 10.8. The molecule has 1 aliphatic rings. The largest absolute Gasteiger partial charge is 0.493 e. The smallest absolute Gasteiger partial charge is 0.191 e. The van der Waals surface area contributed by atoms with E-state index in [0.717, 1.165) is 59.5 Å². The Bertz CT molecular complexity index is 784. The average Bonchev–Trinajstić information content (AvgIpc) is 3.37. The van der Waals surface area contributed by atoms with Gasteiger partial charge in [-0.05, 0) is 38.7 Å². The molecule has 0 unspecified atom stereocenters. The van der Waals surface area contributed by atoms with Gasteiger partial charge in [-0.25, -0.2) is 4.98 Å². The molecule has 3 rings (SSSR count). The molecule has 1 aliphatic carbocycles. The maximum Gasteiger partial charge on any atom is 0.191 e. The van der Waals surface area contributed by atoms with Crippen LogP contribution in [0.3, 0.4) is 0 Å². The van der Waals surface area contributed by atoms with E-state index in [-0.39, 0.29) is 6.10 Å². The van der Waals surface area contributed by atoms with Gasteiger partial charge >= 0.3 is 0 Å². The van der Waals surface area contributed by atoms with Gasteiger partial charge in [0.25, 0.3) is 0 Å². The predicted octanol–water partition coefficient (Wildman–Crippen LogP) is 3.69. The van der Waals surface area contributed by atoms with Crippen molar-refractivity contribution in [2.45, 2.75) is 51.7 Å². The molecule has 1 fully saturated rings. The summed E-state index contributed by atoms with van der Waals surface area (Å²) in [5.41, 5.74) is 2.19. The lowest BCUT2D eigenvalue weighted by Crippen LogP contribution is -2.38. The summed E-state index contributed by atoms with van der Waals surface area (Å²) in [6.45, 7) is 3.43. The SMILES string of the molecule is CN=C(NCCc1csc(C)n1)NCc1cccc(OC)c1OC1CCCC1. The van der Waals surface area contributed by atoms with E-state index in [1.165, 1.54) is 12.8 Å². The average molecular weight is 403 g/mol. The zero-order valence-corrected chi connectivity index (χ0v) is 17.8. The lowest BCUT2D eigenvalue weighted by molar-refractivity contribution is 0.198. The molecule has 1 aromatic carbocycles. The third-order valence-electron chi connectivity index (χ3n) is 4.88. The first kappa shape index (κ1) is 20.5. The number of nitrogens with zero attached hydrogens (tertiary/aromatic N) is 2. The van der Waals surface area contributed by atoms with Gasteiger partial charge in [-0.15, -0.1) is 11.3 Å². The molecular formula is C21H30N4O2S. The van der Waals surface area contributed by atoms with E-state index < -0.39 is 0 Å². The van der Waals surface area contributed by atoms with Crippen LogP contribution in [0, 0.1) is 6.92 Å². The van der Waals surface area contributed by atoms with E-state index in [1.807, 2.05) is 19.1 Å². The van der Waals surface area contributed by atoms with Crippen LogP contribution in [0.5, 0.6) is 11.5 Å². The van der Waals surface area contributed by atoms with Crippen LogP contribution in [0.15, 0.2) is 28.6 Å². The summed E-state index contributed by atoms with van der Waals surface area (Å²) in [6, 6.07) is 6.03. The van der Waals surface area contributed by atoms with Crippen LogP contribution in [0.4, 0.5) is 0 Å². The summed E-state index contributed by atoms with van der Waals surface area (Å²) >= 11 is 1.68. The second-order valence-corrected chi connectivity index (χ2v) is 8.00. The van der Waals surface area contributed by atoms with Crippen molar-refractivity contribution in [3.05, 3.63) is 39.8 Å². The molecule has 1 saturated carbocycles. The Morgan fingerprint density at radius 2 is 2.11 bits per heavy atom. The number of aliphatic imine (C=N–C) groups is 1. The Morgan fingerprint density at radius 1 is 1.29 bits per heavy atom.